The van der Waals surface area contributed by atoms with Crippen molar-refractivity contribution in [2.24, 2.45) is 5.92 Å². The maximum absolute atomic E-state index is 11.0. The lowest BCUT2D eigenvalue weighted by Crippen LogP contribution is -2.32. The van der Waals surface area contributed by atoms with E-state index in [9.17, 15) is 4.79 Å². The molecule has 4 heteroatoms. The van der Waals surface area contributed by atoms with Crippen LogP contribution < -0.4 is 10.6 Å². The molecular formula is C13H22N2OS. The number of carbonyl (C=O) groups is 1. The van der Waals surface area contributed by atoms with E-state index in [0.717, 1.165) is 18.7 Å². The van der Waals surface area contributed by atoms with E-state index in [1.807, 2.05) is 11.4 Å². The number of anilines is 1. The van der Waals surface area contributed by atoms with E-state index in [1.165, 1.54) is 11.8 Å². The Morgan fingerprint density at radius 1 is 1.47 bits per heavy atom. The quantitative estimate of drug-likeness (QED) is 0.818. The molecule has 17 heavy (non-hydrogen) atoms. The van der Waals surface area contributed by atoms with Gasteiger partial charge in [-0.1, -0.05) is 20.8 Å². The third-order valence-corrected chi connectivity index (χ3v) is 3.75. The zero-order valence-corrected chi connectivity index (χ0v) is 11.9. The van der Waals surface area contributed by atoms with Crippen molar-refractivity contribution in [1.29, 1.82) is 0 Å². The number of hydrogen-bond acceptors (Lipinski definition) is 3. The van der Waals surface area contributed by atoms with Gasteiger partial charge in [0.05, 0.1) is 5.69 Å². The largest absolute Gasteiger partial charge is 0.325 e. The van der Waals surface area contributed by atoms with Gasteiger partial charge in [0, 0.05) is 24.4 Å². The third-order valence-electron chi connectivity index (χ3n) is 2.83. The summed E-state index contributed by atoms with van der Waals surface area (Å²) in [5.74, 6) is 0.615. The van der Waals surface area contributed by atoms with Crippen molar-refractivity contribution in [1.82, 2.24) is 5.32 Å². The van der Waals surface area contributed by atoms with E-state index in [1.54, 1.807) is 11.3 Å². The molecule has 1 aromatic heterocycles. The van der Waals surface area contributed by atoms with Crippen molar-refractivity contribution >= 4 is 22.9 Å². The Balaban J connectivity index is 2.56. The van der Waals surface area contributed by atoms with Crippen LogP contribution in [0.5, 0.6) is 0 Å². The Bertz CT molecular complexity index is 360. The van der Waals surface area contributed by atoms with E-state index in [-0.39, 0.29) is 5.91 Å². The molecule has 3 nitrogen and oxygen atoms in total. The minimum absolute atomic E-state index is 0.0134. The second kappa shape index (κ2) is 6.77. The lowest BCUT2D eigenvalue weighted by molar-refractivity contribution is -0.114. The van der Waals surface area contributed by atoms with Crippen LogP contribution in [-0.4, -0.2) is 11.9 Å². The summed E-state index contributed by atoms with van der Waals surface area (Å²) in [7, 11) is 0. The summed E-state index contributed by atoms with van der Waals surface area (Å²) in [4.78, 5) is 12.2. The van der Waals surface area contributed by atoms with Gasteiger partial charge in [0.25, 0.3) is 0 Å². The lowest BCUT2D eigenvalue weighted by Gasteiger charge is -2.20. The fourth-order valence-electron chi connectivity index (χ4n) is 1.85. The highest BCUT2D eigenvalue weighted by atomic mass is 32.1. The molecule has 1 aromatic rings. The molecule has 0 fully saturated rings. The molecule has 1 rings (SSSR count). The van der Waals surface area contributed by atoms with Gasteiger partial charge in [-0.25, -0.2) is 0 Å². The highest BCUT2D eigenvalue weighted by Crippen LogP contribution is 2.22. The average molecular weight is 254 g/mol. The minimum Gasteiger partial charge on any atom is -0.325 e. The van der Waals surface area contributed by atoms with Gasteiger partial charge in [0.2, 0.25) is 5.91 Å². The van der Waals surface area contributed by atoms with E-state index in [4.69, 9.17) is 0 Å². The fourth-order valence-corrected chi connectivity index (χ4v) is 2.63. The van der Waals surface area contributed by atoms with Crippen LogP contribution in [-0.2, 0) is 11.3 Å². The zero-order chi connectivity index (χ0) is 12.8. The molecule has 0 spiro atoms. The van der Waals surface area contributed by atoms with Crippen LogP contribution in [0.1, 0.15) is 39.0 Å². The molecule has 1 atom stereocenters. The number of carbonyl (C=O) groups excluding carboxylic acids is 1. The first-order valence-electron chi connectivity index (χ1n) is 6.12. The van der Waals surface area contributed by atoms with Gasteiger partial charge in [0.1, 0.15) is 0 Å². The van der Waals surface area contributed by atoms with Crippen LogP contribution in [0.15, 0.2) is 11.4 Å². The van der Waals surface area contributed by atoms with Crippen LogP contribution >= 0.6 is 11.3 Å². The summed E-state index contributed by atoms with van der Waals surface area (Å²) >= 11 is 1.68. The summed E-state index contributed by atoms with van der Waals surface area (Å²) < 4.78 is 0. The molecule has 2 N–H and O–H groups in total. The highest BCUT2D eigenvalue weighted by Gasteiger charge is 2.12. The Labute approximate surface area is 108 Å². The molecule has 1 unspecified atom stereocenters. The van der Waals surface area contributed by atoms with Gasteiger partial charge in [-0.15, -0.1) is 11.3 Å². The Morgan fingerprint density at radius 3 is 2.71 bits per heavy atom. The third kappa shape index (κ3) is 4.48. The topological polar surface area (TPSA) is 41.1 Å². The van der Waals surface area contributed by atoms with Crippen LogP contribution in [0.3, 0.4) is 0 Å². The number of amides is 1. The summed E-state index contributed by atoms with van der Waals surface area (Å²) in [5, 5.41) is 8.41. The fraction of sp³-hybridized carbons (Fsp3) is 0.615. The van der Waals surface area contributed by atoms with E-state index >= 15 is 0 Å². The van der Waals surface area contributed by atoms with Crippen molar-refractivity contribution in [2.45, 2.75) is 46.7 Å². The van der Waals surface area contributed by atoms with Gasteiger partial charge >= 0.3 is 0 Å². The molecule has 0 aromatic carbocycles. The van der Waals surface area contributed by atoms with Crippen LogP contribution in [0, 0.1) is 5.92 Å². The maximum Gasteiger partial charge on any atom is 0.221 e. The Morgan fingerprint density at radius 2 is 2.18 bits per heavy atom. The highest BCUT2D eigenvalue weighted by molar-refractivity contribution is 7.10. The molecular weight excluding hydrogens is 232 g/mol. The number of thiophene rings is 1. The second-order valence-corrected chi connectivity index (χ2v) is 5.58. The van der Waals surface area contributed by atoms with Gasteiger partial charge in [-0.2, -0.15) is 0 Å². The predicted octanol–water partition coefficient (Wildman–Crippen LogP) is 3.23. The van der Waals surface area contributed by atoms with Crippen LogP contribution in [0.25, 0.3) is 0 Å². The van der Waals surface area contributed by atoms with Crippen LogP contribution in [0.2, 0.25) is 0 Å². The van der Waals surface area contributed by atoms with Gasteiger partial charge < -0.3 is 10.6 Å². The van der Waals surface area contributed by atoms with E-state index < -0.39 is 0 Å². The summed E-state index contributed by atoms with van der Waals surface area (Å²) in [6.07, 6.45) is 1.12. The summed E-state index contributed by atoms with van der Waals surface area (Å²) in [6.45, 7) is 9.01. The average Bonchev–Trinajstić information content (AvgIpc) is 2.65. The molecule has 0 aliphatic rings. The van der Waals surface area contributed by atoms with Gasteiger partial charge in [-0.3, -0.25) is 4.79 Å². The summed E-state index contributed by atoms with van der Waals surface area (Å²) in [6, 6.07) is 2.49. The van der Waals surface area contributed by atoms with Crippen molar-refractivity contribution in [3.05, 3.63) is 16.3 Å². The number of hydrogen-bond donors (Lipinski definition) is 2. The first kappa shape index (κ1) is 14.2. The molecule has 0 bridgehead atoms. The number of nitrogens with one attached hydrogen (secondary N) is 2. The molecule has 1 heterocycles. The molecule has 1 amide bonds. The number of rotatable bonds is 6. The molecule has 0 aliphatic carbocycles. The van der Waals surface area contributed by atoms with Crippen molar-refractivity contribution in [3.63, 3.8) is 0 Å². The lowest BCUT2D eigenvalue weighted by atomic mass is 10.0. The van der Waals surface area contributed by atoms with Crippen molar-refractivity contribution in [3.8, 4) is 0 Å². The van der Waals surface area contributed by atoms with Gasteiger partial charge in [-0.05, 0) is 23.8 Å². The van der Waals surface area contributed by atoms with Gasteiger partial charge in [0.15, 0.2) is 0 Å². The standard InChI is InChI=1S/C13H22N2OS/c1-5-11(9(2)3)14-8-13-12(6-7-17-13)15-10(4)16/h6-7,9,11,14H,5,8H2,1-4H3,(H,15,16). The minimum atomic E-state index is -0.0134. The maximum atomic E-state index is 11.0. The first-order chi connectivity index (χ1) is 8.04. The molecule has 0 aliphatic heterocycles. The van der Waals surface area contributed by atoms with E-state index in [2.05, 4.69) is 31.4 Å². The molecule has 0 saturated carbocycles. The SMILES string of the molecule is CCC(NCc1sccc1NC(C)=O)C(C)C. The molecule has 96 valence electrons. The predicted molar refractivity (Wildman–Crippen MR) is 74.4 cm³/mol. The zero-order valence-electron chi connectivity index (χ0n) is 11.0. The van der Waals surface area contributed by atoms with Crippen molar-refractivity contribution in [2.75, 3.05) is 5.32 Å². The normalized spacial score (nSPS) is 12.8. The summed E-state index contributed by atoms with van der Waals surface area (Å²) in [5.41, 5.74) is 0.939. The molecule has 0 radical (unpaired) electrons. The Kier molecular flexibility index (Phi) is 5.65. The van der Waals surface area contributed by atoms with E-state index in [0.29, 0.717) is 12.0 Å². The Hall–Kier alpha value is -0.870. The van der Waals surface area contributed by atoms with Crippen molar-refractivity contribution < 1.29 is 4.79 Å². The monoisotopic (exact) mass is 254 g/mol. The molecule has 0 saturated heterocycles. The first-order valence-corrected chi connectivity index (χ1v) is 6.99. The second-order valence-electron chi connectivity index (χ2n) is 4.58. The smallest absolute Gasteiger partial charge is 0.221 e. The van der Waals surface area contributed by atoms with Crippen LogP contribution in [0.4, 0.5) is 5.69 Å².